The number of hydrazine groups is 2. The average molecular weight is 248 g/mol. The predicted molar refractivity (Wildman–Crippen MR) is 43.1 cm³/mol. The zero-order valence-corrected chi connectivity index (χ0v) is 7.97. The third kappa shape index (κ3) is 1.23. The average Bonchev–Trinajstić information content (AvgIpc) is 2.69. The van der Waals surface area contributed by atoms with Crippen LogP contribution in [-0.2, 0) is 9.47 Å². The molecule has 2 aliphatic rings. The Kier molecular flexibility index (Phi) is 2.02. The van der Waals surface area contributed by atoms with Crippen molar-refractivity contribution < 1.29 is 29.1 Å². The minimum absolute atomic E-state index is 0.124. The highest BCUT2D eigenvalue weighted by Crippen LogP contribution is 2.33. The standard InChI is InChI=1S/C5H4N4O8/c10-3-6(8(12)13)5(1-16-3)2-17-4(11)7(5)9(14)15/h1-2H2. The number of cyclic esters (lactones) is 2. The van der Waals surface area contributed by atoms with Gasteiger partial charge in [-0.2, -0.15) is 0 Å². The van der Waals surface area contributed by atoms with E-state index < -0.39 is 41.1 Å². The molecule has 1 spiro atoms. The first kappa shape index (κ1) is 10.8. The van der Waals surface area contributed by atoms with Crippen molar-refractivity contribution in [1.29, 1.82) is 0 Å². The van der Waals surface area contributed by atoms with Crippen LogP contribution < -0.4 is 0 Å². The maximum absolute atomic E-state index is 11.1. The Morgan fingerprint density at radius 2 is 1.35 bits per heavy atom. The van der Waals surface area contributed by atoms with Gasteiger partial charge in [0.2, 0.25) is 0 Å². The van der Waals surface area contributed by atoms with Crippen molar-refractivity contribution in [2.75, 3.05) is 13.2 Å². The highest BCUT2D eigenvalue weighted by molar-refractivity contribution is 5.75. The maximum Gasteiger partial charge on any atom is 0.471 e. The monoisotopic (exact) mass is 248 g/mol. The third-order valence-electron chi connectivity index (χ3n) is 2.31. The molecule has 0 aromatic rings. The largest absolute Gasteiger partial charge is 0.471 e. The summed E-state index contributed by atoms with van der Waals surface area (Å²) in [6.45, 7) is -1.42. The summed E-state index contributed by atoms with van der Waals surface area (Å²) in [5.74, 6) is 0. The zero-order chi connectivity index (χ0) is 12.8. The molecule has 17 heavy (non-hydrogen) atoms. The van der Waals surface area contributed by atoms with Gasteiger partial charge < -0.3 is 9.47 Å². The lowest BCUT2D eigenvalue weighted by molar-refractivity contribution is -0.709. The first-order chi connectivity index (χ1) is 7.90. The summed E-state index contributed by atoms with van der Waals surface area (Å²) in [7, 11) is 0. The van der Waals surface area contributed by atoms with E-state index in [0.717, 1.165) is 0 Å². The van der Waals surface area contributed by atoms with Crippen LogP contribution in [0.15, 0.2) is 0 Å². The lowest BCUT2D eigenvalue weighted by atomic mass is 10.2. The van der Waals surface area contributed by atoms with E-state index in [-0.39, 0.29) is 10.0 Å². The normalized spacial score (nSPS) is 21.6. The van der Waals surface area contributed by atoms with Gasteiger partial charge in [0.15, 0.2) is 23.3 Å². The molecule has 2 heterocycles. The van der Waals surface area contributed by atoms with Crippen LogP contribution in [0.25, 0.3) is 0 Å². The molecule has 92 valence electrons. The number of nitro groups is 2. The van der Waals surface area contributed by atoms with Crippen LogP contribution >= 0.6 is 0 Å². The predicted octanol–water partition coefficient (Wildman–Crippen LogP) is -1.03. The molecule has 12 nitrogen and oxygen atoms in total. The van der Waals surface area contributed by atoms with Crippen LogP contribution in [0.4, 0.5) is 9.59 Å². The van der Waals surface area contributed by atoms with E-state index in [1.807, 2.05) is 0 Å². The second-order valence-electron chi connectivity index (χ2n) is 3.19. The number of amides is 2. The molecule has 0 N–H and O–H groups in total. The van der Waals surface area contributed by atoms with Crippen LogP contribution in [0.2, 0.25) is 0 Å². The fraction of sp³-hybridized carbons (Fsp3) is 0.600. The van der Waals surface area contributed by atoms with Gasteiger partial charge >= 0.3 is 17.8 Å². The highest BCUT2D eigenvalue weighted by atomic mass is 16.7. The molecule has 0 aromatic carbocycles. The first-order valence-corrected chi connectivity index (χ1v) is 4.13. The lowest BCUT2D eigenvalue weighted by Gasteiger charge is -2.21. The van der Waals surface area contributed by atoms with E-state index in [2.05, 4.69) is 9.47 Å². The van der Waals surface area contributed by atoms with Crippen molar-refractivity contribution in [2.45, 2.75) is 5.66 Å². The Morgan fingerprint density at radius 1 is 1.00 bits per heavy atom. The molecule has 2 amide bonds. The molecule has 0 unspecified atom stereocenters. The third-order valence-corrected chi connectivity index (χ3v) is 2.31. The first-order valence-electron chi connectivity index (χ1n) is 4.13. The van der Waals surface area contributed by atoms with Crippen molar-refractivity contribution in [3.63, 3.8) is 0 Å². The maximum atomic E-state index is 11.1. The van der Waals surface area contributed by atoms with Gasteiger partial charge in [-0.15, -0.1) is 0 Å². The van der Waals surface area contributed by atoms with Gasteiger partial charge in [-0.1, -0.05) is 0 Å². The van der Waals surface area contributed by atoms with E-state index in [1.165, 1.54) is 0 Å². The van der Waals surface area contributed by atoms with Crippen LogP contribution in [-0.4, -0.2) is 51.1 Å². The highest BCUT2D eigenvalue weighted by Gasteiger charge is 2.71. The Bertz CT molecular complexity index is 394. The van der Waals surface area contributed by atoms with Crippen molar-refractivity contribution in [3.8, 4) is 0 Å². The minimum Gasteiger partial charge on any atom is -0.440 e. The van der Waals surface area contributed by atoms with Crippen molar-refractivity contribution >= 4 is 12.2 Å². The molecular weight excluding hydrogens is 244 g/mol. The second kappa shape index (κ2) is 3.16. The molecule has 0 saturated carbocycles. The summed E-state index contributed by atoms with van der Waals surface area (Å²) in [6, 6.07) is 0. The molecule has 2 fully saturated rings. The van der Waals surface area contributed by atoms with Gasteiger partial charge in [0.05, 0.1) is 0 Å². The molecule has 12 heteroatoms. The summed E-state index contributed by atoms with van der Waals surface area (Å²) >= 11 is 0. The van der Waals surface area contributed by atoms with Gasteiger partial charge in [0.1, 0.15) is 0 Å². The van der Waals surface area contributed by atoms with E-state index in [1.54, 1.807) is 0 Å². The van der Waals surface area contributed by atoms with Crippen molar-refractivity contribution in [1.82, 2.24) is 10.0 Å². The molecule has 0 atom stereocenters. The summed E-state index contributed by atoms with van der Waals surface area (Å²) in [5, 5.41) is 18.7. The van der Waals surface area contributed by atoms with E-state index >= 15 is 0 Å². The Labute approximate surface area is 91.5 Å². The van der Waals surface area contributed by atoms with Gasteiger partial charge in [-0.3, -0.25) is 0 Å². The molecule has 0 bridgehead atoms. The number of carbonyl (C=O) groups excluding carboxylic acids is 2. The Hall–Kier alpha value is -2.66. The quantitative estimate of drug-likeness (QED) is 0.445. The molecule has 0 aliphatic carbocycles. The van der Waals surface area contributed by atoms with Gasteiger partial charge in [0, 0.05) is 10.0 Å². The summed E-state index contributed by atoms with van der Waals surface area (Å²) in [4.78, 5) is 43.5. The van der Waals surface area contributed by atoms with E-state index in [9.17, 15) is 29.8 Å². The summed E-state index contributed by atoms with van der Waals surface area (Å²) < 4.78 is 8.72. The summed E-state index contributed by atoms with van der Waals surface area (Å²) in [5.41, 5.74) is -2.17. The van der Waals surface area contributed by atoms with Crippen molar-refractivity contribution in [2.24, 2.45) is 0 Å². The Balaban J connectivity index is 2.47. The molecule has 2 saturated heterocycles. The number of carbonyl (C=O) groups is 2. The molecule has 0 aromatic heterocycles. The van der Waals surface area contributed by atoms with Gasteiger partial charge in [0.25, 0.3) is 0 Å². The molecular formula is C5H4N4O8. The number of nitrogens with zero attached hydrogens (tertiary/aromatic N) is 4. The van der Waals surface area contributed by atoms with Gasteiger partial charge in [-0.05, 0) is 0 Å². The fourth-order valence-electron chi connectivity index (χ4n) is 1.63. The Morgan fingerprint density at radius 3 is 1.65 bits per heavy atom. The van der Waals surface area contributed by atoms with Crippen LogP contribution in [0, 0.1) is 20.2 Å². The van der Waals surface area contributed by atoms with Crippen LogP contribution in [0.5, 0.6) is 0 Å². The number of rotatable bonds is 2. The summed E-state index contributed by atoms with van der Waals surface area (Å²) in [6.07, 6.45) is -2.78. The smallest absolute Gasteiger partial charge is 0.440 e. The van der Waals surface area contributed by atoms with E-state index in [4.69, 9.17) is 0 Å². The SMILES string of the molecule is O=C1OCC2(COC(=O)N2[N+](=O)[O-])N1[N+](=O)[O-]. The molecule has 2 rings (SSSR count). The van der Waals surface area contributed by atoms with E-state index in [0.29, 0.717) is 0 Å². The van der Waals surface area contributed by atoms with Crippen molar-refractivity contribution in [3.05, 3.63) is 20.2 Å². The van der Waals surface area contributed by atoms with Crippen LogP contribution in [0.3, 0.4) is 0 Å². The molecule has 2 aliphatic heterocycles. The zero-order valence-electron chi connectivity index (χ0n) is 7.97. The number of hydrogen-bond donors (Lipinski definition) is 0. The van der Waals surface area contributed by atoms with Crippen LogP contribution in [0.1, 0.15) is 0 Å². The number of hydrogen-bond acceptors (Lipinski definition) is 8. The fourth-order valence-corrected chi connectivity index (χ4v) is 1.63. The second-order valence-corrected chi connectivity index (χ2v) is 3.19. The van der Waals surface area contributed by atoms with Gasteiger partial charge in [-0.25, -0.2) is 29.8 Å². The number of ether oxygens (including phenoxy) is 2. The minimum atomic E-state index is -2.17. The lowest BCUT2D eigenvalue weighted by Crippen LogP contribution is -2.62. The molecule has 0 radical (unpaired) electrons. The topological polar surface area (TPSA) is 145 Å².